The van der Waals surface area contributed by atoms with Gasteiger partial charge in [-0.2, -0.15) is 0 Å². The standard InChI is InChI=1S/C23H38N2O2/c1-21(2,3)25-20(27)17-8-7-15-14-6-9-18-23(5,13-11-19(26)24-18)16(14)10-12-22(15,17)4/h14-18H,6-13H2,1-5H3,(H,24,26)(H,25,27)/t14-,15+,16-,17-,18-,22-,23+/m0/s1. The fraction of sp³-hybridized carbons (Fsp3) is 0.913. The Hall–Kier alpha value is -1.06. The highest BCUT2D eigenvalue weighted by molar-refractivity contribution is 5.80. The van der Waals surface area contributed by atoms with Crippen molar-refractivity contribution in [3.63, 3.8) is 0 Å². The third kappa shape index (κ3) is 3.02. The smallest absolute Gasteiger partial charge is 0.224 e. The van der Waals surface area contributed by atoms with Crippen LogP contribution in [0.5, 0.6) is 0 Å². The Morgan fingerprint density at radius 2 is 1.70 bits per heavy atom. The summed E-state index contributed by atoms with van der Waals surface area (Å²) in [6.07, 6.45) is 8.71. The van der Waals surface area contributed by atoms with Crippen molar-refractivity contribution in [1.82, 2.24) is 10.6 Å². The molecular formula is C23H38N2O2. The van der Waals surface area contributed by atoms with E-state index in [1.807, 2.05) is 0 Å². The zero-order valence-corrected chi connectivity index (χ0v) is 17.9. The number of rotatable bonds is 1. The van der Waals surface area contributed by atoms with Crippen molar-refractivity contribution >= 4 is 11.8 Å². The van der Waals surface area contributed by atoms with Gasteiger partial charge in [-0.25, -0.2) is 0 Å². The summed E-state index contributed by atoms with van der Waals surface area (Å²) < 4.78 is 0. The van der Waals surface area contributed by atoms with E-state index in [1.54, 1.807) is 0 Å². The lowest BCUT2D eigenvalue weighted by Crippen LogP contribution is -2.61. The summed E-state index contributed by atoms with van der Waals surface area (Å²) in [5.74, 6) is 2.79. The summed E-state index contributed by atoms with van der Waals surface area (Å²) in [7, 11) is 0. The van der Waals surface area contributed by atoms with E-state index in [4.69, 9.17) is 0 Å². The van der Waals surface area contributed by atoms with E-state index in [1.165, 1.54) is 19.3 Å². The van der Waals surface area contributed by atoms with Crippen LogP contribution in [-0.2, 0) is 9.59 Å². The predicted molar refractivity (Wildman–Crippen MR) is 107 cm³/mol. The molecule has 1 heterocycles. The lowest BCUT2D eigenvalue weighted by molar-refractivity contribution is -0.142. The number of amides is 2. The molecule has 4 heteroatoms. The fourth-order valence-electron chi connectivity index (χ4n) is 7.59. The number of fused-ring (bicyclic) bond motifs is 5. The first-order chi connectivity index (χ1) is 12.5. The minimum absolute atomic E-state index is 0.150. The summed E-state index contributed by atoms with van der Waals surface area (Å²) in [6, 6.07) is 0.366. The van der Waals surface area contributed by atoms with Crippen molar-refractivity contribution in [2.24, 2.45) is 34.5 Å². The second-order valence-corrected chi connectivity index (χ2v) is 11.5. The minimum Gasteiger partial charge on any atom is -0.353 e. The highest BCUT2D eigenvalue weighted by Gasteiger charge is 2.61. The van der Waals surface area contributed by atoms with Crippen LogP contribution >= 0.6 is 0 Å². The molecule has 4 rings (SSSR count). The van der Waals surface area contributed by atoms with Gasteiger partial charge in [-0.05, 0) is 94.3 Å². The average molecular weight is 375 g/mol. The van der Waals surface area contributed by atoms with Gasteiger partial charge in [0.2, 0.25) is 11.8 Å². The molecule has 1 aliphatic heterocycles. The van der Waals surface area contributed by atoms with Gasteiger partial charge in [0, 0.05) is 23.9 Å². The monoisotopic (exact) mass is 374 g/mol. The van der Waals surface area contributed by atoms with E-state index in [-0.39, 0.29) is 34.1 Å². The molecule has 27 heavy (non-hydrogen) atoms. The molecule has 3 saturated carbocycles. The lowest BCUT2D eigenvalue weighted by Gasteiger charge is -2.60. The van der Waals surface area contributed by atoms with Crippen LogP contribution in [-0.4, -0.2) is 23.4 Å². The molecule has 2 amide bonds. The minimum atomic E-state index is -0.158. The molecule has 7 atom stereocenters. The summed E-state index contributed by atoms with van der Waals surface area (Å²) in [5.41, 5.74) is 0.246. The van der Waals surface area contributed by atoms with Crippen molar-refractivity contribution in [3.05, 3.63) is 0 Å². The second-order valence-electron chi connectivity index (χ2n) is 11.5. The Kier molecular flexibility index (Phi) is 4.44. The number of nitrogens with one attached hydrogen (secondary N) is 2. The van der Waals surface area contributed by atoms with Gasteiger partial charge in [-0.1, -0.05) is 13.8 Å². The van der Waals surface area contributed by atoms with Gasteiger partial charge >= 0.3 is 0 Å². The van der Waals surface area contributed by atoms with Crippen molar-refractivity contribution < 1.29 is 9.59 Å². The molecule has 0 aromatic carbocycles. The van der Waals surface area contributed by atoms with Gasteiger partial charge < -0.3 is 10.6 Å². The van der Waals surface area contributed by atoms with Crippen LogP contribution in [0.25, 0.3) is 0 Å². The summed E-state index contributed by atoms with van der Waals surface area (Å²) in [4.78, 5) is 25.0. The molecule has 0 unspecified atom stereocenters. The normalized spacial score (nSPS) is 46.7. The van der Waals surface area contributed by atoms with Crippen LogP contribution in [0.3, 0.4) is 0 Å². The number of hydrogen-bond donors (Lipinski definition) is 2. The lowest BCUT2D eigenvalue weighted by atomic mass is 9.47. The Balaban J connectivity index is 1.55. The van der Waals surface area contributed by atoms with Crippen LogP contribution in [0.2, 0.25) is 0 Å². The molecule has 3 aliphatic carbocycles. The summed E-state index contributed by atoms with van der Waals surface area (Å²) >= 11 is 0. The van der Waals surface area contributed by atoms with Gasteiger partial charge in [0.05, 0.1) is 0 Å². The second kappa shape index (κ2) is 6.22. The zero-order chi connectivity index (χ0) is 19.6. The number of hydrogen-bond acceptors (Lipinski definition) is 2. The van der Waals surface area contributed by atoms with E-state index in [0.717, 1.165) is 31.6 Å². The first-order valence-corrected chi connectivity index (χ1v) is 11.2. The molecule has 152 valence electrons. The predicted octanol–water partition coefficient (Wildman–Crippen LogP) is 4.04. The maximum absolute atomic E-state index is 13.0. The van der Waals surface area contributed by atoms with E-state index < -0.39 is 0 Å². The van der Waals surface area contributed by atoms with Crippen molar-refractivity contribution in [3.8, 4) is 0 Å². The van der Waals surface area contributed by atoms with Crippen LogP contribution < -0.4 is 10.6 Å². The highest BCUT2D eigenvalue weighted by Crippen LogP contribution is 2.65. The Morgan fingerprint density at radius 3 is 2.41 bits per heavy atom. The van der Waals surface area contributed by atoms with E-state index in [0.29, 0.717) is 24.3 Å². The summed E-state index contributed by atoms with van der Waals surface area (Å²) in [5, 5.41) is 6.57. The molecule has 0 aromatic heterocycles. The van der Waals surface area contributed by atoms with E-state index in [9.17, 15) is 9.59 Å². The quantitative estimate of drug-likeness (QED) is 0.728. The Labute approximate surface area is 164 Å². The molecule has 4 nitrogen and oxygen atoms in total. The molecule has 0 radical (unpaired) electrons. The topological polar surface area (TPSA) is 58.2 Å². The first-order valence-electron chi connectivity index (χ1n) is 11.2. The number of carbonyl (C=O) groups is 2. The molecular weight excluding hydrogens is 336 g/mol. The highest BCUT2D eigenvalue weighted by atomic mass is 16.2. The maximum Gasteiger partial charge on any atom is 0.224 e. The third-order valence-electron chi connectivity index (χ3n) is 8.91. The van der Waals surface area contributed by atoms with Crippen LogP contribution in [0.1, 0.15) is 86.0 Å². The first kappa shape index (κ1) is 19.3. The Bertz CT molecular complexity index is 639. The maximum atomic E-state index is 13.0. The molecule has 2 N–H and O–H groups in total. The van der Waals surface area contributed by atoms with Gasteiger partial charge in [0.1, 0.15) is 0 Å². The third-order valence-corrected chi connectivity index (χ3v) is 8.91. The van der Waals surface area contributed by atoms with Crippen LogP contribution in [0, 0.1) is 34.5 Å². The van der Waals surface area contributed by atoms with Gasteiger partial charge in [0.25, 0.3) is 0 Å². The SMILES string of the molecule is CC(C)(C)NC(=O)[C@@H]1CC[C@@H]2[C@@H]3CC[C@@H]4NC(=O)CC[C@]4(C)[C@H]3CC[C@@]21C. The molecule has 4 fully saturated rings. The number of piperidine rings is 1. The molecule has 1 saturated heterocycles. The van der Waals surface area contributed by atoms with Gasteiger partial charge in [0.15, 0.2) is 0 Å². The fourth-order valence-corrected chi connectivity index (χ4v) is 7.59. The average Bonchev–Trinajstić information content (AvgIpc) is 2.91. The van der Waals surface area contributed by atoms with Crippen LogP contribution in [0.15, 0.2) is 0 Å². The van der Waals surface area contributed by atoms with Gasteiger partial charge in [-0.3, -0.25) is 9.59 Å². The largest absolute Gasteiger partial charge is 0.353 e. The zero-order valence-electron chi connectivity index (χ0n) is 17.9. The van der Waals surface area contributed by atoms with E-state index >= 15 is 0 Å². The van der Waals surface area contributed by atoms with Crippen molar-refractivity contribution in [1.29, 1.82) is 0 Å². The Morgan fingerprint density at radius 1 is 1.00 bits per heavy atom. The molecule has 0 aromatic rings. The van der Waals surface area contributed by atoms with Crippen molar-refractivity contribution in [2.45, 2.75) is 97.6 Å². The molecule has 0 bridgehead atoms. The van der Waals surface area contributed by atoms with Crippen molar-refractivity contribution in [2.75, 3.05) is 0 Å². The van der Waals surface area contributed by atoms with E-state index in [2.05, 4.69) is 45.3 Å². The van der Waals surface area contributed by atoms with Crippen LogP contribution in [0.4, 0.5) is 0 Å². The van der Waals surface area contributed by atoms with Gasteiger partial charge in [-0.15, -0.1) is 0 Å². The molecule has 4 aliphatic rings. The molecule has 0 spiro atoms. The number of carbonyl (C=O) groups excluding carboxylic acids is 2. The summed E-state index contributed by atoms with van der Waals surface area (Å²) in [6.45, 7) is 11.1.